The molecule has 0 aliphatic carbocycles. The Morgan fingerprint density at radius 1 is 1.37 bits per heavy atom. The van der Waals surface area contributed by atoms with Crippen LogP contribution >= 0.6 is 0 Å². The molecule has 2 rings (SSSR count). The lowest BCUT2D eigenvalue weighted by molar-refractivity contribution is -0.131. The number of rotatable bonds is 5. The molecular weight excluding hydrogens is 252 g/mol. The predicted octanol–water partition coefficient (Wildman–Crippen LogP) is 0.958. The van der Waals surface area contributed by atoms with Crippen LogP contribution in [0.15, 0.2) is 12.1 Å². The van der Waals surface area contributed by atoms with Gasteiger partial charge in [-0.15, -0.1) is 0 Å². The average molecular weight is 266 g/mol. The standard InChI is InChI=1S/C13H14O6/c1-16-8-3-11-10(12(5-8)17-2)4-9(6-18-7-14)19-13(11)15/h3,5,7,9H,4,6H2,1-2H3/t9-/m0/s1. The van der Waals surface area contributed by atoms with Gasteiger partial charge in [-0.25, -0.2) is 4.79 Å². The van der Waals surface area contributed by atoms with Gasteiger partial charge in [0, 0.05) is 18.1 Å². The molecule has 1 aromatic rings. The number of esters is 1. The van der Waals surface area contributed by atoms with Crippen molar-refractivity contribution in [2.45, 2.75) is 12.5 Å². The second-order valence-corrected chi connectivity index (χ2v) is 4.02. The molecule has 6 nitrogen and oxygen atoms in total. The molecule has 0 bridgehead atoms. The third kappa shape index (κ3) is 2.62. The minimum absolute atomic E-state index is 0.0316. The summed E-state index contributed by atoms with van der Waals surface area (Å²) >= 11 is 0. The number of hydrogen-bond donors (Lipinski definition) is 0. The second kappa shape index (κ2) is 5.60. The number of benzene rings is 1. The van der Waals surface area contributed by atoms with E-state index in [2.05, 4.69) is 4.74 Å². The molecule has 0 saturated carbocycles. The van der Waals surface area contributed by atoms with E-state index in [9.17, 15) is 9.59 Å². The van der Waals surface area contributed by atoms with Gasteiger partial charge in [-0.1, -0.05) is 0 Å². The minimum Gasteiger partial charge on any atom is -0.497 e. The van der Waals surface area contributed by atoms with E-state index in [-0.39, 0.29) is 6.61 Å². The van der Waals surface area contributed by atoms with Crippen molar-refractivity contribution in [3.63, 3.8) is 0 Å². The topological polar surface area (TPSA) is 71.1 Å². The Labute approximate surface area is 110 Å². The maximum Gasteiger partial charge on any atom is 0.339 e. The molecule has 0 aromatic heterocycles. The molecule has 0 spiro atoms. The first-order valence-corrected chi connectivity index (χ1v) is 5.70. The Balaban J connectivity index is 2.34. The lowest BCUT2D eigenvalue weighted by Crippen LogP contribution is -2.31. The maximum atomic E-state index is 11.9. The Bertz CT molecular complexity index is 496. The quantitative estimate of drug-likeness (QED) is 0.584. The summed E-state index contributed by atoms with van der Waals surface area (Å²) in [6.07, 6.45) is -0.0604. The van der Waals surface area contributed by atoms with Gasteiger partial charge in [0.25, 0.3) is 6.47 Å². The van der Waals surface area contributed by atoms with E-state index in [0.29, 0.717) is 30.0 Å². The highest BCUT2D eigenvalue weighted by atomic mass is 16.6. The largest absolute Gasteiger partial charge is 0.497 e. The third-order valence-corrected chi connectivity index (χ3v) is 2.91. The lowest BCUT2D eigenvalue weighted by atomic mass is 9.97. The summed E-state index contributed by atoms with van der Waals surface area (Å²) in [5.41, 5.74) is 1.15. The smallest absolute Gasteiger partial charge is 0.339 e. The normalized spacial score (nSPS) is 17.2. The van der Waals surface area contributed by atoms with Gasteiger partial charge in [0.15, 0.2) is 0 Å². The van der Waals surface area contributed by atoms with Crippen molar-refractivity contribution in [2.75, 3.05) is 20.8 Å². The molecule has 0 N–H and O–H groups in total. The fraction of sp³-hybridized carbons (Fsp3) is 0.385. The van der Waals surface area contributed by atoms with Crippen LogP contribution in [0.1, 0.15) is 15.9 Å². The summed E-state index contributed by atoms with van der Waals surface area (Å²) in [5.74, 6) is 0.607. The summed E-state index contributed by atoms with van der Waals surface area (Å²) in [6, 6.07) is 3.31. The van der Waals surface area contributed by atoms with Crippen LogP contribution in [-0.2, 0) is 20.7 Å². The minimum atomic E-state index is -0.493. The summed E-state index contributed by atoms with van der Waals surface area (Å²) < 4.78 is 20.2. The van der Waals surface area contributed by atoms with Crippen molar-refractivity contribution in [1.29, 1.82) is 0 Å². The summed E-state index contributed by atoms with van der Waals surface area (Å²) in [7, 11) is 3.03. The van der Waals surface area contributed by atoms with Crippen molar-refractivity contribution in [3.05, 3.63) is 23.3 Å². The zero-order valence-electron chi connectivity index (χ0n) is 10.7. The Kier molecular flexibility index (Phi) is 3.89. The molecule has 0 radical (unpaired) electrons. The van der Waals surface area contributed by atoms with Gasteiger partial charge >= 0.3 is 5.97 Å². The van der Waals surface area contributed by atoms with Crippen LogP contribution in [0.2, 0.25) is 0 Å². The average Bonchev–Trinajstić information content (AvgIpc) is 2.44. The van der Waals surface area contributed by atoms with E-state index >= 15 is 0 Å². The summed E-state index contributed by atoms with van der Waals surface area (Å²) in [4.78, 5) is 22.1. The number of carbonyl (C=O) groups is 2. The summed E-state index contributed by atoms with van der Waals surface area (Å²) in [6.45, 7) is 0.360. The van der Waals surface area contributed by atoms with Gasteiger partial charge in [-0.3, -0.25) is 4.79 Å². The highest BCUT2D eigenvalue weighted by Crippen LogP contribution is 2.33. The van der Waals surface area contributed by atoms with Gasteiger partial charge in [0.05, 0.1) is 19.8 Å². The monoisotopic (exact) mass is 266 g/mol. The van der Waals surface area contributed by atoms with Crippen LogP contribution in [0.25, 0.3) is 0 Å². The predicted molar refractivity (Wildman–Crippen MR) is 64.5 cm³/mol. The van der Waals surface area contributed by atoms with Crippen LogP contribution in [-0.4, -0.2) is 39.4 Å². The van der Waals surface area contributed by atoms with E-state index in [1.807, 2.05) is 0 Å². The number of fused-ring (bicyclic) bond motifs is 1. The number of hydrogen-bond acceptors (Lipinski definition) is 6. The van der Waals surface area contributed by atoms with Crippen LogP contribution < -0.4 is 9.47 Å². The molecule has 1 heterocycles. The zero-order valence-corrected chi connectivity index (χ0v) is 10.7. The number of carbonyl (C=O) groups excluding carboxylic acids is 2. The van der Waals surface area contributed by atoms with E-state index in [1.165, 1.54) is 14.2 Å². The maximum absolute atomic E-state index is 11.9. The van der Waals surface area contributed by atoms with Crippen molar-refractivity contribution in [2.24, 2.45) is 0 Å². The SMILES string of the molecule is COc1cc(OC)c2c(c1)C(=O)O[C@H](COC=O)C2. The molecule has 0 amide bonds. The first-order valence-electron chi connectivity index (χ1n) is 5.70. The van der Waals surface area contributed by atoms with Gasteiger partial charge in [-0.05, 0) is 6.07 Å². The highest BCUT2D eigenvalue weighted by molar-refractivity contribution is 5.93. The van der Waals surface area contributed by atoms with Gasteiger partial charge in [-0.2, -0.15) is 0 Å². The highest BCUT2D eigenvalue weighted by Gasteiger charge is 2.30. The van der Waals surface area contributed by atoms with Crippen LogP contribution in [0, 0.1) is 0 Å². The molecule has 0 unspecified atom stereocenters. The van der Waals surface area contributed by atoms with Crippen molar-refractivity contribution in [1.82, 2.24) is 0 Å². The molecule has 1 aromatic carbocycles. The Morgan fingerprint density at radius 3 is 2.79 bits per heavy atom. The zero-order chi connectivity index (χ0) is 13.8. The van der Waals surface area contributed by atoms with Crippen molar-refractivity contribution < 1.29 is 28.5 Å². The summed E-state index contributed by atoms with van der Waals surface area (Å²) in [5, 5.41) is 0. The molecular formula is C13H14O6. The number of ether oxygens (including phenoxy) is 4. The number of methoxy groups -OCH3 is 2. The van der Waals surface area contributed by atoms with Crippen molar-refractivity contribution in [3.8, 4) is 11.5 Å². The third-order valence-electron chi connectivity index (χ3n) is 2.91. The molecule has 0 saturated heterocycles. The van der Waals surface area contributed by atoms with Gasteiger partial charge in [0.1, 0.15) is 24.2 Å². The Hall–Kier alpha value is -2.24. The second-order valence-electron chi connectivity index (χ2n) is 4.02. The molecule has 102 valence electrons. The van der Waals surface area contributed by atoms with Crippen LogP contribution in [0.4, 0.5) is 0 Å². The fourth-order valence-corrected chi connectivity index (χ4v) is 2.04. The molecule has 1 aliphatic rings. The van der Waals surface area contributed by atoms with E-state index < -0.39 is 12.1 Å². The molecule has 1 atom stereocenters. The molecule has 19 heavy (non-hydrogen) atoms. The lowest BCUT2D eigenvalue weighted by Gasteiger charge is -2.25. The van der Waals surface area contributed by atoms with E-state index in [1.54, 1.807) is 12.1 Å². The first-order chi connectivity index (χ1) is 9.19. The Morgan fingerprint density at radius 2 is 2.16 bits per heavy atom. The molecule has 1 aliphatic heterocycles. The number of cyclic esters (lactones) is 1. The molecule has 0 fully saturated rings. The van der Waals surface area contributed by atoms with Crippen LogP contribution in [0.3, 0.4) is 0 Å². The van der Waals surface area contributed by atoms with Crippen LogP contribution in [0.5, 0.6) is 11.5 Å². The van der Waals surface area contributed by atoms with E-state index in [4.69, 9.17) is 14.2 Å². The van der Waals surface area contributed by atoms with Crippen molar-refractivity contribution >= 4 is 12.4 Å². The van der Waals surface area contributed by atoms with Gasteiger partial charge < -0.3 is 18.9 Å². The first kappa shape index (κ1) is 13.2. The van der Waals surface area contributed by atoms with Gasteiger partial charge in [0.2, 0.25) is 0 Å². The molecule has 6 heteroatoms. The van der Waals surface area contributed by atoms with E-state index in [0.717, 1.165) is 5.56 Å². The fourth-order valence-electron chi connectivity index (χ4n) is 2.04.